The summed E-state index contributed by atoms with van der Waals surface area (Å²) in [7, 11) is -2.17. The lowest BCUT2D eigenvalue weighted by Crippen LogP contribution is -2.26. The van der Waals surface area contributed by atoms with E-state index in [9.17, 15) is 13.5 Å². The van der Waals surface area contributed by atoms with Crippen LogP contribution >= 0.6 is 11.6 Å². The van der Waals surface area contributed by atoms with Crippen LogP contribution in [0.4, 0.5) is 0 Å². The maximum atomic E-state index is 12.0. The molecule has 21 heavy (non-hydrogen) atoms. The van der Waals surface area contributed by atoms with Gasteiger partial charge in [-0.2, -0.15) is 0 Å². The predicted octanol–water partition coefficient (Wildman–Crippen LogP) is 1.48. The van der Waals surface area contributed by atoms with Gasteiger partial charge >= 0.3 is 0 Å². The van der Waals surface area contributed by atoms with Crippen molar-refractivity contribution in [3.8, 4) is 0 Å². The first-order valence-corrected chi connectivity index (χ1v) is 8.17. The van der Waals surface area contributed by atoms with Crippen LogP contribution in [0.5, 0.6) is 0 Å². The number of sulfonamides is 1. The smallest absolute Gasteiger partial charge is 0.261 e. The summed E-state index contributed by atoms with van der Waals surface area (Å²) in [5.41, 5.74) is 0.743. The van der Waals surface area contributed by atoms with Crippen LogP contribution in [0.25, 0.3) is 0 Å². The van der Waals surface area contributed by atoms with Gasteiger partial charge in [0.15, 0.2) is 0 Å². The second kappa shape index (κ2) is 6.57. The molecule has 0 aliphatic heterocycles. The first kappa shape index (κ1) is 16.0. The quantitative estimate of drug-likeness (QED) is 0.840. The first-order valence-electron chi connectivity index (χ1n) is 6.31. The van der Waals surface area contributed by atoms with Crippen molar-refractivity contribution >= 4 is 21.6 Å². The maximum absolute atomic E-state index is 12.0. The molecule has 0 amide bonds. The van der Waals surface area contributed by atoms with Gasteiger partial charge in [-0.1, -0.05) is 41.9 Å². The fraction of sp³-hybridized carbons (Fsp3) is 0.308. The number of rotatable bonds is 6. The molecule has 0 fully saturated rings. The van der Waals surface area contributed by atoms with E-state index in [0.717, 1.165) is 5.56 Å². The van der Waals surface area contributed by atoms with Gasteiger partial charge in [-0.25, -0.2) is 18.1 Å². The van der Waals surface area contributed by atoms with Gasteiger partial charge in [-0.15, -0.1) is 0 Å². The third-order valence-corrected chi connectivity index (χ3v) is 4.93. The molecule has 1 unspecified atom stereocenters. The number of nitrogens with one attached hydrogen (secondary N) is 1. The molecule has 0 saturated heterocycles. The Morgan fingerprint density at radius 3 is 2.62 bits per heavy atom. The number of aryl methyl sites for hydroxylation is 1. The number of aliphatic hydroxyl groups excluding tert-OH is 1. The highest BCUT2D eigenvalue weighted by atomic mass is 35.5. The van der Waals surface area contributed by atoms with Crippen LogP contribution in [0, 0.1) is 0 Å². The number of hydrogen-bond donors (Lipinski definition) is 2. The Kier molecular flexibility index (Phi) is 5.00. The maximum Gasteiger partial charge on any atom is 0.261 e. The highest BCUT2D eigenvalue weighted by molar-refractivity contribution is 7.89. The normalized spacial score (nSPS) is 13.3. The van der Waals surface area contributed by atoms with Crippen molar-refractivity contribution < 1.29 is 13.5 Å². The van der Waals surface area contributed by atoms with Gasteiger partial charge in [-0.05, 0) is 12.0 Å². The van der Waals surface area contributed by atoms with Gasteiger partial charge in [0.1, 0.15) is 5.15 Å². The van der Waals surface area contributed by atoms with Crippen molar-refractivity contribution in [1.82, 2.24) is 14.3 Å². The molecule has 2 N–H and O–H groups in total. The molecule has 6 nitrogen and oxygen atoms in total. The molecule has 1 atom stereocenters. The Labute approximate surface area is 128 Å². The number of hydrogen-bond acceptors (Lipinski definition) is 4. The van der Waals surface area contributed by atoms with Crippen LogP contribution in [-0.4, -0.2) is 29.6 Å². The van der Waals surface area contributed by atoms with Crippen molar-refractivity contribution in [2.45, 2.75) is 17.6 Å². The number of imidazole rings is 1. The molecule has 2 rings (SSSR count). The van der Waals surface area contributed by atoms with Gasteiger partial charge in [0, 0.05) is 13.6 Å². The summed E-state index contributed by atoms with van der Waals surface area (Å²) in [5.74, 6) is 0. The molecule has 114 valence electrons. The fourth-order valence-electron chi connectivity index (χ4n) is 1.81. The van der Waals surface area contributed by atoms with Gasteiger partial charge in [0.25, 0.3) is 10.0 Å². The molecular formula is C13H16ClN3O3S. The molecule has 1 heterocycles. The minimum absolute atomic E-state index is 0.0473. The zero-order valence-electron chi connectivity index (χ0n) is 11.4. The minimum Gasteiger partial charge on any atom is -0.388 e. The molecular weight excluding hydrogens is 314 g/mol. The van der Waals surface area contributed by atoms with E-state index in [-0.39, 0.29) is 23.1 Å². The van der Waals surface area contributed by atoms with Crippen molar-refractivity contribution in [2.75, 3.05) is 6.54 Å². The molecule has 0 bridgehead atoms. The van der Waals surface area contributed by atoms with Crippen LogP contribution in [0.3, 0.4) is 0 Å². The summed E-state index contributed by atoms with van der Waals surface area (Å²) in [6.07, 6.45) is 0.858. The highest BCUT2D eigenvalue weighted by Crippen LogP contribution is 2.19. The van der Waals surface area contributed by atoms with Crippen LogP contribution in [-0.2, 0) is 17.1 Å². The third-order valence-electron chi connectivity index (χ3n) is 2.98. The number of benzene rings is 1. The largest absolute Gasteiger partial charge is 0.388 e. The summed E-state index contributed by atoms with van der Waals surface area (Å²) in [4.78, 5) is 3.76. The second-order valence-electron chi connectivity index (χ2n) is 4.56. The summed E-state index contributed by atoms with van der Waals surface area (Å²) >= 11 is 5.86. The molecule has 1 aromatic carbocycles. The van der Waals surface area contributed by atoms with E-state index in [4.69, 9.17) is 11.6 Å². The summed E-state index contributed by atoms with van der Waals surface area (Å²) in [6, 6.07) is 9.05. The first-order chi connectivity index (χ1) is 9.92. The molecule has 1 aromatic heterocycles. The highest BCUT2D eigenvalue weighted by Gasteiger charge is 2.22. The lowest BCUT2D eigenvalue weighted by Gasteiger charge is -2.11. The molecule has 0 spiro atoms. The van der Waals surface area contributed by atoms with Crippen molar-refractivity contribution in [1.29, 1.82) is 0 Å². The lowest BCUT2D eigenvalue weighted by atomic mass is 10.1. The zero-order chi connectivity index (χ0) is 15.5. The Morgan fingerprint density at radius 1 is 1.38 bits per heavy atom. The molecule has 0 saturated carbocycles. The molecule has 2 aromatic rings. The topological polar surface area (TPSA) is 84.2 Å². The lowest BCUT2D eigenvalue weighted by molar-refractivity contribution is 0.169. The van der Waals surface area contributed by atoms with E-state index in [2.05, 4.69) is 9.71 Å². The Hall–Kier alpha value is -1.41. The number of nitrogens with zero attached hydrogens (tertiary/aromatic N) is 2. The third kappa shape index (κ3) is 3.82. The van der Waals surface area contributed by atoms with E-state index >= 15 is 0 Å². The van der Waals surface area contributed by atoms with Crippen LogP contribution in [0.2, 0.25) is 5.15 Å². The molecule has 0 aliphatic rings. The Bertz CT molecular complexity index is 701. The standard InChI is InChI=1S/C13H16ClN3O3S/c1-17-9-15-13(12(17)14)21(19,20)16-8-7-11(18)10-5-3-2-4-6-10/h2-6,9,11,16,18H,7-8H2,1H3. The minimum atomic E-state index is -3.77. The second-order valence-corrected chi connectivity index (χ2v) is 6.60. The van der Waals surface area contributed by atoms with Crippen molar-refractivity contribution in [3.05, 3.63) is 47.4 Å². The van der Waals surface area contributed by atoms with Crippen molar-refractivity contribution in [3.63, 3.8) is 0 Å². The van der Waals surface area contributed by atoms with Crippen LogP contribution in [0.1, 0.15) is 18.1 Å². The molecule has 0 aliphatic carbocycles. The van der Waals surface area contributed by atoms with E-state index in [0.29, 0.717) is 0 Å². The SMILES string of the molecule is Cn1cnc(S(=O)(=O)NCCC(O)c2ccccc2)c1Cl. The van der Waals surface area contributed by atoms with Gasteiger partial charge < -0.3 is 9.67 Å². The summed E-state index contributed by atoms with van der Waals surface area (Å²) < 4.78 is 27.9. The monoisotopic (exact) mass is 329 g/mol. The molecule has 8 heteroatoms. The van der Waals surface area contributed by atoms with E-state index < -0.39 is 16.1 Å². The van der Waals surface area contributed by atoms with E-state index in [1.165, 1.54) is 10.9 Å². The number of aliphatic hydroxyl groups is 1. The van der Waals surface area contributed by atoms with E-state index in [1.54, 1.807) is 19.2 Å². The average molecular weight is 330 g/mol. The van der Waals surface area contributed by atoms with Gasteiger partial charge in [0.2, 0.25) is 5.03 Å². The summed E-state index contributed by atoms with van der Waals surface area (Å²) in [5, 5.41) is 9.81. The fourth-order valence-corrected chi connectivity index (χ4v) is 3.29. The zero-order valence-corrected chi connectivity index (χ0v) is 13.0. The Balaban J connectivity index is 1.95. The number of aromatic nitrogens is 2. The predicted molar refractivity (Wildman–Crippen MR) is 79.4 cm³/mol. The Morgan fingerprint density at radius 2 is 2.05 bits per heavy atom. The summed E-state index contributed by atoms with van der Waals surface area (Å²) in [6.45, 7) is 0.0886. The van der Waals surface area contributed by atoms with E-state index in [1.807, 2.05) is 18.2 Å². The number of halogens is 1. The van der Waals surface area contributed by atoms with Crippen LogP contribution in [0.15, 0.2) is 41.7 Å². The van der Waals surface area contributed by atoms with Crippen molar-refractivity contribution in [2.24, 2.45) is 7.05 Å². The average Bonchev–Trinajstić information content (AvgIpc) is 2.80. The van der Waals surface area contributed by atoms with Gasteiger partial charge in [-0.3, -0.25) is 0 Å². The molecule has 0 radical (unpaired) electrons. The van der Waals surface area contributed by atoms with Gasteiger partial charge in [0.05, 0.1) is 12.4 Å². The van der Waals surface area contributed by atoms with Crippen LogP contribution < -0.4 is 4.72 Å².